The average molecular weight is 682 g/mol. The molecule has 1 aliphatic rings. The van der Waals surface area contributed by atoms with Crippen LogP contribution in [0.25, 0.3) is 0 Å². The first-order valence-electron chi connectivity index (χ1n) is 20.9. The Morgan fingerprint density at radius 1 is 0.688 bits per heavy atom. The highest BCUT2D eigenvalue weighted by Crippen LogP contribution is 2.24. The second-order valence-corrected chi connectivity index (χ2v) is 15.2. The SMILES string of the molecule is CCCCCCCCOC[C@@H]1C[C@H](OC(=O)CCN(C)C)CN1CCCCCCCCON(C)CCCC(CCCCC)CCCCC. The van der Waals surface area contributed by atoms with E-state index in [1.54, 1.807) is 0 Å². The van der Waals surface area contributed by atoms with Crippen LogP contribution >= 0.6 is 0 Å². The molecule has 1 saturated heterocycles. The van der Waals surface area contributed by atoms with Gasteiger partial charge in [0.15, 0.2) is 0 Å². The van der Waals surface area contributed by atoms with E-state index >= 15 is 0 Å². The molecule has 1 aliphatic heterocycles. The number of hydroxylamine groups is 2. The number of likely N-dealkylation sites (tertiary alicyclic amines) is 1. The number of nitrogens with zero attached hydrogens (tertiary/aromatic N) is 3. The Hall–Kier alpha value is -0.730. The summed E-state index contributed by atoms with van der Waals surface area (Å²) in [4.78, 5) is 23.0. The lowest BCUT2D eigenvalue weighted by molar-refractivity contribution is -0.148. The van der Waals surface area contributed by atoms with E-state index in [0.717, 1.165) is 71.2 Å². The number of hydrogen-bond donors (Lipinski definition) is 0. The molecule has 1 rings (SSSR count). The summed E-state index contributed by atoms with van der Waals surface area (Å²) in [5.74, 6) is 0.842. The highest BCUT2D eigenvalue weighted by molar-refractivity contribution is 5.69. The molecule has 7 heteroatoms. The number of hydrogen-bond acceptors (Lipinski definition) is 7. The molecule has 7 nitrogen and oxygen atoms in total. The Morgan fingerprint density at radius 2 is 1.25 bits per heavy atom. The normalized spacial score (nSPS) is 17.0. The molecule has 2 atom stereocenters. The Bertz CT molecular complexity index is 699. The lowest BCUT2D eigenvalue weighted by Crippen LogP contribution is -2.34. The van der Waals surface area contributed by atoms with Gasteiger partial charge in [-0.1, -0.05) is 130 Å². The standard InChI is InChI=1S/C41H83N3O4/c1-7-10-13-14-18-23-33-46-37-39-35-40(48-41(45)29-32-42(4)5)36-44(39)31-22-17-15-16-19-24-34-47-43(6)30-25-28-38(26-20-11-8-2)27-21-12-9-3/h38-40H,7-37H2,1-6H3/t39-,40-/m0/s1. The van der Waals surface area contributed by atoms with Crippen molar-refractivity contribution in [2.45, 2.75) is 187 Å². The quantitative estimate of drug-likeness (QED) is 0.0375. The van der Waals surface area contributed by atoms with Gasteiger partial charge in [-0.05, 0) is 58.7 Å². The van der Waals surface area contributed by atoms with Crippen LogP contribution in [0.1, 0.15) is 175 Å². The molecule has 0 aromatic heterocycles. The van der Waals surface area contributed by atoms with E-state index in [-0.39, 0.29) is 12.1 Å². The van der Waals surface area contributed by atoms with E-state index in [4.69, 9.17) is 14.3 Å². The third-order valence-corrected chi connectivity index (χ3v) is 10.2. The van der Waals surface area contributed by atoms with Crippen LogP contribution < -0.4 is 0 Å². The van der Waals surface area contributed by atoms with Crippen molar-refractivity contribution in [3.63, 3.8) is 0 Å². The molecule has 0 saturated carbocycles. The molecule has 0 amide bonds. The van der Waals surface area contributed by atoms with E-state index in [1.807, 2.05) is 19.0 Å². The molecule has 0 aromatic carbocycles. The molecule has 0 aromatic rings. The molecule has 286 valence electrons. The maximum absolute atomic E-state index is 12.4. The number of unbranched alkanes of at least 4 members (excludes halogenated alkanes) is 14. The lowest BCUT2D eigenvalue weighted by Gasteiger charge is -2.23. The van der Waals surface area contributed by atoms with Crippen LogP contribution in [0.2, 0.25) is 0 Å². The van der Waals surface area contributed by atoms with Crippen LogP contribution in [0, 0.1) is 5.92 Å². The molecule has 0 spiro atoms. The number of ether oxygens (including phenoxy) is 2. The van der Waals surface area contributed by atoms with Gasteiger partial charge in [0.25, 0.3) is 0 Å². The van der Waals surface area contributed by atoms with Crippen LogP contribution in [0.4, 0.5) is 0 Å². The molecule has 0 bridgehead atoms. The summed E-state index contributed by atoms with van der Waals surface area (Å²) in [6, 6.07) is 0.360. The minimum atomic E-state index is -0.0679. The van der Waals surface area contributed by atoms with Crippen molar-refractivity contribution in [3.8, 4) is 0 Å². The first kappa shape index (κ1) is 45.3. The molecule has 1 fully saturated rings. The van der Waals surface area contributed by atoms with Gasteiger partial charge >= 0.3 is 5.97 Å². The van der Waals surface area contributed by atoms with Crippen LogP contribution in [-0.2, 0) is 19.1 Å². The number of esters is 1. The summed E-state index contributed by atoms with van der Waals surface area (Å²) in [6.07, 6.45) is 30.2. The number of carbonyl (C=O) groups excluding carboxylic acids is 1. The Balaban J connectivity index is 2.22. The molecule has 1 heterocycles. The summed E-state index contributed by atoms with van der Waals surface area (Å²) < 4.78 is 12.0. The minimum absolute atomic E-state index is 0.00143. The smallest absolute Gasteiger partial charge is 0.307 e. The zero-order chi connectivity index (χ0) is 35.1. The number of rotatable bonds is 35. The summed E-state index contributed by atoms with van der Waals surface area (Å²) in [5, 5.41) is 2.09. The fourth-order valence-corrected chi connectivity index (χ4v) is 7.04. The molecule has 0 N–H and O–H groups in total. The van der Waals surface area contributed by atoms with Crippen molar-refractivity contribution < 1.29 is 19.1 Å². The van der Waals surface area contributed by atoms with Crippen molar-refractivity contribution in [1.29, 1.82) is 0 Å². The molecular formula is C41H83N3O4. The maximum Gasteiger partial charge on any atom is 0.307 e. The van der Waals surface area contributed by atoms with E-state index < -0.39 is 0 Å². The first-order chi connectivity index (χ1) is 23.4. The third-order valence-electron chi connectivity index (χ3n) is 10.2. The predicted molar refractivity (Wildman–Crippen MR) is 205 cm³/mol. The van der Waals surface area contributed by atoms with Gasteiger partial charge in [0.2, 0.25) is 0 Å². The van der Waals surface area contributed by atoms with Gasteiger partial charge in [-0.3, -0.25) is 14.5 Å². The van der Waals surface area contributed by atoms with Crippen LogP contribution in [0.3, 0.4) is 0 Å². The topological polar surface area (TPSA) is 54.5 Å². The fourth-order valence-electron chi connectivity index (χ4n) is 7.04. The van der Waals surface area contributed by atoms with Gasteiger partial charge in [-0.2, -0.15) is 5.06 Å². The summed E-state index contributed by atoms with van der Waals surface area (Å²) >= 11 is 0. The second-order valence-electron chi connectivity index (χ2n) is 15.2. The van der Waals surface area contributed by atoms with Gasteiger partial charge < -0.3 is 14.4 Å². The van der Waals surface area contributed by atoms with Crippen molar-refractivity contribution in [2.24, 2.45) is 5.92 Å². The third kappa shape index (κ3) is 26.1. The van der Waals surface area contributed by atoms with Gasteiger partial charge in [0.1, 0.15) is 6.10 Å². The average Bonchev–Trinajstić information content (AvgIpc) is 3.44. The van der Waals surface area contributed by atoms with Gasteiger partial charge in [-0.25, -0.2) is 0 Å². The monoisotopic (exact) mass is 682 g/mol. The largest absolute Gasteiger partial charge is 0.461 e. The van der Waals surface area contributed by atoms with Gasteiger partial charge in [-0.15, -0.1) is 0 Å². The van der Waals surface area contributed by atoms with E-state index in [1.165, 1.54) is 128 Å². The molecular weight excluding hydrogens is 598 g/mol. The first-order valence-corrected chi connectivity index (χ1v) is 20.9. The zero-order valence-corrected chi connectivity index (χ0v) is 33.1. The van der Waals surface area contributed by atoms with Crippen molar-refractivity contribution in [3.05, 3.63) is 0 Å². The Morgan fingerprint density at radius 3 is 1.90 bits per heavy atom. The molecule has 0 aliphatic carbocycles. The van der Waals surface area contributed by atoms with E-state index in [0.29, 0.717) is 12.5 Å². The second kappa shape index (κ2) is 32.2. The molecule has 48 heavy (non-hydrogen) atoms. The minimum Gasteiger partial charge on any atom is -0.461 e. The van der Waals surface area contributed by atoms with Crippen LogP contribution in [0.5, 0.6) is 0 Å². The summed E-state index contributed by atoms with van der Waals surface area (Å²) in [6.45, 7) is 13.0. The predicted octanol–water partition coefficient (Wildman–Crippen LogP) is 10.1. The highest BCUT2D eigenvalue weighted by Gasteiger charge is 2.34. The van der Waals surface area contributed by atoms with Gasteiger partial charge in [0, 0.05) is 45.8 Å². The summed E-state index contributed by atoms with van der Waals surface area (Å²) in [7, 11) is 6.11. The highest BCUT2D eigenvalue weighted by atomic mass is 16.7. The van der Waals surface area contributed by atoms with Crippen LogP contribution in [-0.4, -0.2) is 100 Å². The fraction of sp³-hybridized carbons (Fsp3) is 0.976. The Labute approximate surface area is 299 Å². The summed E-state index contributed by atoms with van der Waals surface area (Å²) in [5.41, 5.74) is 0. The van der Waals surface area contributed by atoms with Crippen molar-refractivity contribution >= 4 is 5.97 Å². The van der Waals surface area contributed by atoms with Crippen molar-refractivity contribution in [2.75, 3.05) is 67.1 Å². The van der Waals surface area contributed by atoms with E-state index in [2.05, 4.69) is 37.8 Å². The molecule has 0 radical (unpaired) electrons. The zero-order valence-electron chi connectivity index (χ0n) is 33.1. The van der Waals surface area contributed by atoms with Gasteiger partial charge in [0.05, 0.1) is 19.6 Å². The van der Waals surface area contributed by atoms with Crippen molar-refractivity contribution in [1.82, 2.24) is 14.9 Å². The maximum atomic E-state index is 12.4. The molecule has 0 unspecified atom stereocenters. The van der Waals surface area contributed by atoms with E-state index in [9.17, 15) is 4.79 Å². The Kier molecular flexibility index (Phi) is 30.4. The van der Waals surface area contributed by atoms with Crippen LogP contribution in [0.15, 0.2) is 0 Å². The number of carbonyl (C=O) groups is 1. The lowest BCUT2D eigenvalue weighted by atomic mass is 9.91.